The molecule has 1 unspecified atom stereocenters. The van der Waals surface area contributed by atoms with E-state index >= 15 is 0 Å². The van der Waals surface area contributed by atoms with Gasteiger partial charge in [-0.3, -0.25) is 10.1 Å². The van der Waals surface area contributed by atoms with Crippen LogP contribution in [0.1, 0.15) is 28.4 Å². The van der Waals surface area contributed by atoms with E-state index in [2.05, 4.69) is 15.6 Å². The van der Waals surface area contributed by atoms with E-state index in [1.807, 2.05) is 33.0 Å². The summed E-state index contributed by atoms with van der Waals surface area (Å²) in [7, 11) is 0. The van der Waals surface area contributed by atoms with Crippen LogP contribution in [0.5, 0.6) is 0 Å². The summed E-state index contributed by atoms with van der Waals surface area (Å²) in [5.74, 6) is -0.0968. The van der Waals surface area contributed by atoms with Gasteiger partial charge in [0.1, 0.15) is 5.01 Å². The molecule has 0 spiro atoms. The molecule has 1 aromatic heterocycles. The lowest BCUT2D eigenvalue weighted by molar-refractivity contribution is -0.115. The summed E-state index contributed by atoms with van der Waals surface area (Å²) in [6.07, 6.45) is 1.84. The molecule has 112 valence electrons. The van der Waals surface area contributed by atoms with Crippen LogP contribution in [-0.4, -0.2) is 17.4 Å². The van der Waals surface area contributed by atoms with Gasteiger partial charge in [0, 0.05) is 21.8 Å². The molecule has 0 aliphatic rings. The first-order valence-electron chi connectivity index (χ1n) is 6.67. The van der Waals surface area contributed by atoms with Crippen molar-refractivity contribution >= 4 is 34.5 Å². The maximum atomic E-state index is 12.0. The first-order valence-corrected chi connectivity index (χ1v) is 7.87. The summed E-state index contributed by atoms with van der Waals surface area (Å²) < 4.78 is 0. The third kappa shape index (κ3) is 4.52. The van der Waals surface area contributed by atoms with E-state index in [1.54, 1.807) is 23.5 Å². The number of carbonyl (C=O) groups is 1. The maximum absolute atomic E-state index is 12.0. The van der Waals surface area contributed by atoms with Crippen LogP contribution in [0.2, 0.25) is 5.02 Å². The van der Waals surface area contributed by atoms with Gasteiger partial charge in [-0.15, -0.1) is 11.3 Å². The van der Waals surface area contributed by atoms with Gasteiger partial charge < -0.3 is 5.32 Å². The summed E-state index contributed by atoms with van der Waals surface area (Å²) in [6.45, 7) is 6.17. The number of rotatable bonds is 5. The van der Waals surface area contributed by atoms with Crippen LogP contribution in [0.15, 0.2) is 24.4 Å². The lowest BCUT2D eigenvalue weighted by Gasteiger charge is -2.12. The van der Waals surface area contributed by atoms with Crippen LogP contribution < -0.4 is 10.6 Å². The van der Waals surface area contributed by atoms with Gasteiger partial charge in [0.05, 0.1) is 12.6 Å². The number of carbonyl (C=O) groups excluding carboxylic acids is 1. The molecule has 0 fully saturated rings. The molecule has 0 saturated heterocycles. The number of benzene rings is 1. The van der Waals surface area contributed by atoms with E-state index in [0.29, 0.717) is 5.02 Å². The average Bonchev–Trinajstić information content (AvgIpc) is 2.87. The minimum absolute atomic E-state index is 0.0508. The van der Waals surface area contributed by atoms with Crippen molar-refractivity contribution in [1.29, 1.82) is 0 Å². The molecule has 2 aromatic rings. The highest BCUT2D eigenvalue weighted by atomic mass is 35.5. The molecule has 6 heteroatoms. The number of nitrogens with one attached hydrogen (secondary N) is 2. The zero-order chi connectivity index (χ0) is 15.4. The van der Waals surface area contributed by atoms with Crippen LogP contribution >= 0.6 is 22.9 Å². The summed E-state index contributed by atoms with van der Waals surface area (Å²) in [5, 5.41) is 7.62. The number of hydrogen-bond acceptors (Lipinski definition) is 4. The number of aromatic nitrogens is 1. The highest BCUT2D eigenvalue weighted by Gasteiger charge is 2.11. The molecular weight excluding hydrogens is 306 g/mol. The van der Waals surface area contributed by atoms with Gasteiger partial charge >= 0.3 is 0 Å². The molecule has 2 N–H and O–H groups in total. The highest BCUT2D eigenvalue weighted by molar-refractivity contribution is 7.11. The SMILES string of the molecule is Cc1cnc(C(C)NCC(=O)Nc2cc(Cl)ccc2C)s1. The van der Waals surface area contributed by atoms with E-state index in [-0.39, 0.29) is 18.5 Å². The van der Waals surface area contributed by atoms with Crippen molar-refractivity contribution in [2.45, 2.75) is 26.8 Å². The normalized spacial score (nSPS) is 12.2. The van der Waals surface area contributed by atoms with Gasteiger partial charge in [0.25, 0.3) is 0 Å². The Hall–Kier alpha value is -1.43. The van der Waals surface area contributed by atoms with E-state index in [1.165, 1.54) is 0 Å². The maximum Gasteiger partial charge on any atom is 0.238 e. The van der Waals surface area contributed by atoms with Crippen LogP contribution in [0.3, 0.4) is 0 Å². The molecule has 0 radical (unpaired) electrons. The Labute approximate surface area is 133 Å². The number of nitrogens with zero attached hydrogens (tertiary/aromatic N) is 1. The van der Waals surface area contributed by atoms with Gasteiger partial charge in [0.15, 0.2) is 0 Å². The number of thiazole rings is 1. The fraction of sp³-hybridized carbons (Fsp3) is 0.333. The van der Waals surface area contributed by atoms with Crippen molar-refractivity contribution in [3.8, 4) is 0 Å². The fourth-order valence-electron chi connectivity index (χ4n) is 1.83. The van der Waals surface area contributed by atoms with Gasteiger partial charge in [-0.05, 0) is 38.5 Å². The topological polar surface area (TPSA) is 54.0 Å². The third-order valence-corrected chi connectivity index (χ3v) is 4.38. The van der Waals surface area contributed by atoms with E-state index < -0.39 is 0 Å². The van der Waals surface area contributed by atoms with Crippen molar-refractivity contribution in [2.75, 3.05) is 11.9 Å². The van der Waals surface area contributed by atoms with Crippen LogP contribution in [0, 0.1) is 13.8 Å². The first-order chi connectivity index (χ1) is 9.95. The predicted octanol–water partition coefficient (Wildman–Crippen LogP) is 3.70. The van der Waals surface area contributed by atoms with Gasteiger partial charge in [0.2, 0.25) is 5.91 Å². The second-order valence-corrected chi connectivity index (χ2v) is 6.62. The van der Waals surface area contributed by atoms with Crippen molar-refractivity contribution in [2.24, 2.45) is 0 Å². The molecule has 21 heavy (non-hydrogen) atoms. The minimum atomic E-state index is -0.0968. The first kappa shape index (κ1) is 15.9. The smallest absolute Gasteiger partial charge is 0.238 e. The number of aryl methyl sites for hydroxylation is 2. The predicted molar refractivity (Wildman–Crippen MR) is 88.1 cm³/mol. The third-order valence-electron chi connectivity index (χ3n) is 3.05. The average molecular weight is 324 g/mol. The number of anilines is 1. The van der Waals surface area contributed by atoms with Crippen LogP contribution in [-0.2, 0) is 4.79 Å². The molecule has 1 aromatic carbocycles. The monoisotopic (exact) mass is 323 g/mol. The Bertz CT molecular complexity index is 642. The zero-order valence-corrected chi connectivity index (χ0v) is 13.8. The number of hydrogen-bond donors (Lipinski definition) is 2. The van der Waals surface area contributed by atoms with Gasteiger partial charge in [-0.25, -0.2) is 4.98 Å². The van der Waals surface area contributed by atoms with Gasteiger partial charge in [-0.2, -0.15) is 0 Å². The lowest BCUT2D eigenvalue weighted by Crippen LogP contribution is -2.30. The molecule has 2 rings (SSSR count). The van der Waals surface area contributed by atoms with Gasteiger partial charge in [-0.1, -0.05) is 17.7 Å². The quantitative estimate of drug-likeness (QED) is 0.882. The molecule has 0 aliphatic heterocycles. The van der Waals surface area contributed by atoms with Crippen LogP contribution in [0.25, 0.3) is 0 Å². The van der Waals surface area contributed by atoms with Crippen LogP contribution in [0.4, 0.5) is 5.69 Å². The number of halogens is 1. The van der Waals surface area contributed by atoms with E-state index in [4.69, 9.17) is 11.6 Å². The van der Waals surface area contributed by atoms with Crippen molar-refractivity contribution in [1.82, 2.24) is 10.3 Å². The Balaban J connectivity index is 1.89. The fourth-order valence-corrected chi connectivity index (χ4v) is 2.80. The van der Waals surface area contributed by atoms with Crippen molar-refractivity contribution in [3.63, 3.8) is 0 Å². The Morgan fingerprint density at radius 3 is 2.86 bits per heavy atom. The molecule has 0 saturated carbocycles. The Morgan fingerprint density at radius 2 is 2.19 bits per heavy atom. The summed E-state index contributed by atoms with van der Waals surface area (Å²) in [4.78, 5) is 17.5. The molecule has 1 amide bonds. The Kier molecular flexibility index (Phi) is 5.33. The minimum Gasteiger partial charge on any atom is -0.325 e. The number of amides is 1. The highest BCUT2D eigenvalue weighted by Crippen LogP contribution is 2.20. The molecule has 4 nitrogen and oxygen atoms in total. The molecule has 1 atom stereocenters. The standard InChI is InChI=1S/C15H18ClN3OS/c1-9-4-5-12(16)6-13(9)19-14(20)8-17-11(3)15-18-7-10(2)21-15/h4-7,11,17H,8H2,1-3H3,(H,19,20). The second kappa shape index (κ2) is 7.02. The van der Waals surface area contributed by atoms with Crippen molar-refractivity contribution < 1.29 is 4.79 Å². The summed E-state index contributed by atoms with van der Waals surface area (Å²) in [6, 6.07) is 5.49. The van der Waals surface area contributed by atoms with Crippen molar-refractivity contribution in [3.05, 3.63) is 44.9 Å². The zero-order valence-electron chi connectivity index (χ0n) is 12.2. The summed E-state index contributed by atoms with van der Waals surface area (Å²) >= 11 is 7.57. The molecular formula is C15H18ClN3OS. The molecule has 1 heterocycles. The van der Waals surface area contributed by atoms with E-state index in [0.717, 1.165) is 21.1 Å². The lowest BCUT2D eigenvalue weighted by atomic mass is 10.2. The largest absolute Gasteiger partial charge is 0.325 e. The molecule has 0 bridgehead atoms. The van der Waals surface area contributed by atoms with E-state index in [9.17, 15) is 4.79 Å². The second-order valence-electron chi connectivity index (χ2n) is 4.92. The molecule has 0 aliphatic carbocycles. The Morgan fingerprint density at radius 1 is 1.43 bits per heavy atom. The summed E-state index contributed by atoms with van der Waals surface area (Å²) in [5.41, 5.74) is 1.73.